The molecular weight excluding hydrogens is 212 g/mol. The average Bonchev–Trinajstić information content (AvgIpc) is 2.52. The Hall–Kier alpha value is -1.58. The number of ether oxygens (including phenoxy) is 1. The molecule has 0 radical (unpaired) electrons. The predicted octanol–water partition coefficient (Wildman–Crippen LogP) is 3.13. The molecule has 2 rings (SSSR count). The summed E-state index contributed by atoms with van der Waals surface area (Å²) in [5, 5.41) is 1.09. The highest BCUT2D eigenvalue weighted by molar-refractivity contribution is 5.82. The van der Waals surface area contributed by atoms with Crippen molar-refractivity contribution in [2.45, 2.75) is 13.3 Å². The summed E-state index contributed by atoms with van der Waals surface area (Å²) >= 11 is 0. The quantitative estimate of drug-likeness (QED) is 0.782. The van der Waals surface area contributed by atoms with Crippen molar-refractivity contribution in [2.75, 3.05) is 6.61 Å². The van der Waals surface area contributed by atoms with Gasteiger partial charge < -0.3 is 9.30 Å². The third kappa shape index (κ3) is 2.01. The topological polar surface area (TPSA) is 14.2 Å². The van der Waals surface area contributed by atoms with Gasteiger partial charge in [0, 0.05) is 24.2 Å². The van der Waals surface area contributed by atoms with E-state index in [0.29, 0.717) is 5.75 Å². The van der Waals surface area contributed by atoms with Crippen LogP contribution in [0.3, 0.4) is 0 Å². The van der Waals surface area contributed by atoms with E-state index in [1.807, 2.05) is 30.7 Å². The SMILES string of the molecule is Cc1cc2ccc(OCC(F)F)cc2n1C. The Bertz CT molecular complexity index is 505. The molecule has 0 saturated carbocycles. The summed E-state index contributed by atoms with van der Waals surface area (Å²) in [5.74, 6) is 0.481. The summed E-state index contributed by atoms with van der Waals surface area (Å²) in [6.07, 6.45) is -2.44. The van der Waals surface area contributed by atoms with Crippen molar-refractivity contribution < 1.29 is 13.5 Å². The lowest BCUT2D eigenvalue weighted by atomic mass is 10.2. The first kappa shape index (κ1) is 10.9. The minimum absolute atomic E-state index is 0.481. The highest BCUT2D eigenvalue weighted by Crippen LogP contribution is 2.23. The first-order valence-corrected chi connectivity index (χ1v) is 5.05. The molecule has 4 heteroatoms. The molecule has 0 spiro atoms. The van der Waals surface area contributed by atoms with Crippen LogP contribution in [0.15, 0.2) is 24.3 Å². The van der Waals surface area contributed by atoms with Crippen LogP contribution in [0.5, 0.6) is 5.75 Å². The van der Waals surface area contributed by atoms with Crippen molar-refractivity contribution in [3.63, 3.8) is 0 Å². The smallest absolute Gasteiger partial charge is 0.272 e. The van der Waals surface area contributed by atoms with Crippen molar-refractivity contribution in [1.29, 1.82) is 0 Å². The monoisotopic (exact) mass is 225 g/mol. The first-order valence-electron chi connectivity index (χ1n) is 5.05. The van der Waals surface area contributed by atoms with E-state index in [0.717, 1.165) is 16.6 Å². The van der Waals surface area contributed by atoms with Crippen molar-refractivity contribution in [1.82, 2.24) is 4.57 Å². The lowest BCUT2D eigenvalue weighted by Crippen LogP contribution is -2.06. The third-order valence-electron chi connectivity index (χ3n) is 2.63. The molecule has 1 aromatic carbocycles. The zero-order valence-corrected chi connectivity index (χ0v) is 9.21. The summed E-state index contributed by atoms with van der Waals surface area (Å²) in [5.41, 5.74) is 2.12. The second-order valence-corrected chi connectivity index (χ2v) is 3.77. The zero-order chi connectivity index (χ0) is 11.7. The molecule has 1 heterocycles. The lowest BCUT2D eigenvalue weighted by Gasteiger charge is -2.06. The third-order valence-corrected chi connectivity index (χ3v) is 2.63. The number of aryl methyl sites for hydroxylation is 2. The number of rotatable bonds is 3. The van der Waals surface area contributed by atoms with Crippen LogP contribution in [0, 0.1) is 6.92 Å². The summed E-state index contributed by atoms with van der Waals surface area (Å²) in [7, 11) is 1.94. The maximum atomic E-state index is 12.0. The van der Waals surface area contributed by atoms with Crippen LogP contribution < -0.4 is 4.74 Å². The van der Waals surface area contributed by atoms with E-state index in [1.165, 1.54) is 0 Å². The van der Waals surface area contributed by atoms with Crippen LogP contribution in [-0.4, -0.2) is 17.6 Å². The molecule has 86 valence electrons. The molecule has 0 bridgehead atoms. The number of hydrogen-bond donors (Lipinski definition) is 0. The second kappa shape index (κ2) is 4.12. The number of fused-ring (bicyclic) bond motifs is 1. The van der Waals surface area contributed by atoms with Gasteiger partial charge in [0.05, 0.1) is 5.52 Å². The van der Waals surface area contributed by atoms with Crippen LogP contribution in [-0.2, 0) is 7.05 Å². The molecule has 0 aliphatic carbocycles. The van der Waals surface area contributed by atoms with Gasteiger partial charge in [-0.25, -0.2) is 8.78 Å². The largest absolute Gasteiger partial charge is 0.488 e. The van der Waals surface area contributed by atoms with Gasteiger partial charge in [0.2, 0.25) is 0 Å². The van der Waals surface area contributed by atoms with Crippen molar-refractivity contribution >= 4 is 10.9 Å². The molecule has 2 nitrogen and oxygen atoms in total. The van der Waals surface area contributed by atoms with E-state index in [1.54, 1.807) is 12.1 Å². The van der Waals surface area contributed by atoms with Crippen LogP contribution in [0.4, 0.5) is 8.78 Å². The fourth-order valence-corrected chi connectivity index (χ4v) is 1.70. The maximum Gasteiger partial charge on any atom is 0.272 e. The Morgan fingerprint density at radius 3 is 2.75 bits per heavy atom. The maximum absolute atomic E-state index is 12.0. The molecule has 1 aromatic heterocycles. The Morgan fingerprint density at radius 1 is 1.31 bits per heavy atom. The van der Waals surface area contributed by atoms with Gasteiger partial charge in [-0.2, -0.15) is 0 Å². The molecule has 0 amide bonds. The van der Waals surface area contributed by atoms with Crippen LogP contribution >= 0.6 is 0 Å². The van der Waals surface area contributed by atoms with Gasteiger partial charge in [-0.15, -0.1) is 0 Å². The summed E-state index contributed by atoms with van der Waals surface area (Å²) in [6, 6.07) is 7.42. The van der Waals surface area contributed by atoms with Crippen molar-refractivity contribution in [2.24, 2.45) is 7.05 Å². The second-order valence-electron chi connectivity index (χ2n) is 3.77. The Morgan fingerprint density at radius 2 is 2.06 bits per heavy atom. The van der Waals surface area contributed by atoms with E-state index >= 15 is 0 Å². The number of aromatic nitrogens is 1. The van der Waals surface area contributed by atoms with E-state index in [-0.39, 0.29) is 0 Å². The van der Waals surface area contributed by atoms with E-state index in [2.05, 4.69) is 0 Å². The highest BCUT2D eigenvalue weighted by atomic mass is 19.3. The molecule has 0 saturated heterocycles. The summed E-state index contributed by atoms with van der Waals surface area (Å²) < 4.78 is 31.0. The fraction of sp³-hybridized carbons (Fsp3) is 0.333. The molecule has 0 atom stereocenters. The number of benzene rings is 1. The first-order chi connectivity index (χ1) is 7.58. The predicted molar refractivity (Wildman–Crippen MR) is 59.2 cm³/mol. The molecule has 2 aromatic rings. The number of nitrogens with zero attached hydrogens (tertiary/aromatic N) is 1. The molecule has 0 N–H and O–H groups in total. The minimum Gasteiger partial charge on any atom is -0.488 e. The number of halogens is 2. The molecule has 0 aliphatic rings. The Labute approximate surface area is 92.4 Å². The standard InChI is InChI=1S/C12H13F2NO/c1-8-5-9-3-4-10(16-7-12(13)14)6-11(9)15(8)2/h3-6,12H,7H2,1-2H3. The normalized spacial score (nSPS) is 11.3. The van der Waals surface area contributed by atoms with Gasteiger partial charge >= 0.3 is 0 Å². The van der Waals surface area contributed by atoms with Crippen LogP contribution in [0.25, 0.3) is 10.9 Å². The van der Waals surface area contributed by atoms with E-state index < -0.39 is 13.0 Å². The summed E-state index contributed by atoms with van der Waals surface area (Å²) in [6.45, 7) is 1.44. The van der Waals surface area contributed by atoms with E-state index in [9.17, 15) is 8.78 Å². The van der Waals surface area contributed by atoms with Gasteiger partial charge in [0.1, 0.15) is 12.4 Å². The van der Waals surface area contributed by atoms with Gasteiger partial charge in [-0.3, -0.25) is 0 Å². The summed E-state index contributed by atoms with van der Waals surface area (Å²) in [4.78, 5) is 0. The van der Waals surface area contributed by atoms with Gasteiger partial charge in [-0.1, -0.05) is 0 Å². The van der Waals surface area contributed by atoms with Gasteiger partial charge in [0.25, 0.3) is 6.43 Å². The minimum atomic E-state index is -2.44. The van der Waals surface area contributed by atoms with Crippen molar-refractivity contribution in [3.05, 3.63) is 30.0 Å². The molecule has 0 aliphatic heterocycles. The van der Waals surface area contributed by atoms with Crippen LogP contribution in [0.1, 0.15) is 5.69 Å². The lowest BCUT2D eigenvalue weighted by molar-refractivity contribution is 0.0819. The van der Waals surface area contributed by atoms with Gasteiger partial charge in [0.15, 0.2) is 0 Å². The number of alkyl halides is 2. The molecule has 0 fully saturated rings. The molecule has 16 heavy (non-hydrogen) atoms. The molecular formula is C12H13F2NO. The fourth-order valence-electron chi connectivity index (χ4n) is 1.70. The Kier molecular flexibility index (Phi) is 2.81. The van der Waals surface area contributed by atoms with Crippen LogP contribution in [0.2, 0.25) is 0 Å². The zero-order valence-electron chi connectivity index (χ0n) is 9.21. The Balaban J connectivity index is 2.32. The average molecular weight is 225 g/mol. The van der Waals surface area contributed by atoms with Crippen molar-refractivity contribution in [3.8, 4) is 5.75 Å². The number of hydrogen-bond acceptors (Lipinski definition) is 1. The highest BCUT2D eigenvalue weighted by Gasteiger charge is 2.06. The van der Waals surface area contributed by atoms with E-state index in [4.69, 9.17) is 4.74 Å². The van der Waals surface area contributed by atoms with Gasteiger partial charge in [-0.05, 0) is 25.1 Å². The molecule has 0 unspecified atom stereocenters.